The molecular weight excluding hydrogens is 194 g/mol. The Balaban J connectivity index is 3.83. The summed E-state index contributed by atoms with van der Waals surface area (Å²) in [7, 11) is 0. The normalized spacial score (nSPS) is 15.3. The van der Waals surface area contributed by atoms with Crippen LogP contribution in [0.25, 0.3) is 0 Å². The lowest BCUT2D eigenvalue weighted by atomic mass is 10.1. The van der Waals surface area contributed by atoms with Crippen LogP contribution in [0.5, 0.6) is 0 Å². The molecule has 0 heterocycles. The van der Waals surface area contributed by atoms with Gasteiger partial charge in [-0.05, 0) is 25.8 Å². The second kappa shape index (κ2) is 7.65. The van der Waals surface area contributed by atoms with Crippen molar-refractivity contribution >= 4 is 5.97 Å². The van der Waals surface area contributed by atoms with Crippen LogP contribution in [0.2, 0.25) is 0 Å². The van der Waals surface area contributed by atoms with Gasteiger partial charge in [-0.2, -0.15) is 0 Å². The fourth-order valence-electron chi connectivity index (χ4n) is 1.46. The number of carbonyl (C=O) groups is 1. The van der Waals surface area contributed by atoms with Crippen LogP contribution in [0.3, 0.4) is 0 Å². The molecule has 0 fully saturated rings. The smallest absolute Gasteiger partial charge is 0.323 e. The number of hydrogen-bond acceptors (Lipinski definition) is 3. The highest BCUT2D eigenvalue weighted by molar-refractivity contribution is 5.73. The Labute approximate surface area is 92.0 Å². The quantitative estimate of drug-likeness (QED) is 0.647. The molecule has 90 valence electrons. The minimum absolute atomic E-state index is 0.116. The molecule has 0 aliphatic carbocycles. The van der Waals surface area contributed by atoms with Gasteiger partial charge in [0.05, 0.1) is 12.7 Å². The maximum absolute atomic E-state index is 10.8. The summed E-state index contributed by atoms with van der Waals surface area (Å²) in [6, 6.07) is -0.593. The van der Waals surface area contributed by atoms with E-state index in [0.717, 1.165) is 6.42 Å². The lowest BCUT2D eigenvalue weighted by molar-refractivity contribution is -0.141. The average Bonchev–Trinajstić information content (AvgIpc) is 2.10. The topological polar surface area (TPSA) is 58.6 Å². The number of ether oxygens (including phenoxy) is 1. The van der Waals surface area contributed by atoms with Crippen molar-refractivity contribution in [3.63, 3.8) is 0 Å². The van der Waals surface area contributed by atoms with E-state index in [9.17, 15) is 4.79 Å². The molecule has 0 radical (unpaired) electrons. The van der Waals surface area contributed by atoms with Crippen LogP contribution in [0.15, 0.2) is 0 Å². The van der Waals surface area contributed by atoms with Gasteiger partial charge in [0.25, 0.3) is 0 Å². The molecule has 0 aromatic rings. The molecule has 15 heavy (non-hydrogen) atoms. The zero-order valence-corrected chi connectivity index (χ0v) is 10.1. The first kappa shape index (κ1) is 14.4. The highest BCUT2D eigenvalue weighted by Crippen LogP contribution is 2.07. The first-order valence-electron chi connectivity index (χ1n) is 5.55. The number of nitrogens with one attached hydrogen (secondary N) is 1. The van der Waals surface area contributed by atoms with Crippen molar-refractivity contribution in [3.8, 4) is 0 Å². The second-order valence-electron chi connectivity index (χ2n) is 4.22. The van der Waals surface area contributed by atoms with Crippen LogP contribution in [0, 0.1) is 5.92 Å². The molecule has 0 aliphatic heterocycles. The van der Waals surface area contributed by atoms with Gasteiger partial charge in [-0.3, -0.25) is 4.79 Å². The van der Waals surface area contributed by atoms with Gasteiger partial charge < -0.3 is 15.2 Å². The average molecular weight is 217 g/mol. The second-order valence-corrected chi connectivity index (χ2v) is 4.22. The lowest BCUT2D eigenvalue weighted by Gasteiger charge is -2.19. The highest BCUT2D eigenvalue weighted by atomic mass is 16.5. The summed E-state index contributed by atoms with van der Waals surface area (Å²) in [5.41, 5.74) is 0. The Morgan fingerprint density at radius 3 is 2.40 bits per heavy atom. The molecule has 0 aliphatic rings. The van der Waals surface area contributed by atoms with Crippen molar-refractivity contribution in [1.29, 1.82) is 0 Å². The summed E-state index contributed by atoms with van der Waals surface area (Å²) in [4.78, 5) is 10.8. The number of carboxylic acid groups (broad SMARTS) is 1. The fraction of sp³-hybridized carbons (Fsp3) is 0.909. The molecular formula is C11H23NO3. The van der Waals surface area contributed by atoms with Crippen molar-refractivity contribution in [3.05, 3.63) is 0 Å². The number of aliphatic carboxylic acids is 1. The van der Waals surface area contributed by atoms with E-state index in [1.54, 1.807) is 0 Å². The summed E-state index contributed by atoms with van der Waals surface area (Å²) < 4.78 is 5.49. The van der Waals surface area contributed by atoms with Gasteiger partial charge in [0, 0.05) is 0 Å². The van der Waals surface area contributed by atoms with Crippen molar-refractivity contribution in [1.82, 2.24) is 5.32 Å². The third kappa shape index (κ3) is 7.33. The van der Waals surface area contributed by atoms with Crippen LogP contribution >= 0.6 is 0 Å². The SMILES string of the molecule is CCNC(COC(C)CC(C)C)C(=O)O. The van der Waals surface area contributed by atoms with E-state index in [2.05, 4.69) is 19.2 Å². The molecule has 0 aromatic carbocycles. The number of likely N-dealkylation sites (N-methyl/N-ethyl adjacent to an activating group) is 1. The van der Waals surface area contributed by atoms with Crippen molar-refractivity contribution < 1.29 is 14.6 Å². The summed E-state index contributed by atoms with van der Waals surface area (Å²) in [5, 5.41) is 11.7. The van der Waals surface area contributed by atoms with Crippen molar-refractivity contribution in [2.45, 2.75) is 46.3 Å². The first-order valence-corrected chi connectivity index (χ1v) is 5.55. The Kier molecular flexibility index (Phi) is 7.34. The van der Waals surface area contributed by atoms with E-state index in [1.807, 2.05) is 13.8 Å². The molecule has 0 amide bonds. The van der Waals surface area contributed by atoms with Gasteiger partial charge in [0.1, 0.15) is 6.04 Å². The molecule has 2 N–H and O–H groups in total. The predicted molar refractivity (Wildman–Crippen MR) is 60.0 cm³/mol. The van der Waals surface area contributed by atoms with Gasteiger partial charge in [0.2, 0.25) is 0 Å². The van der Waals surface area contributed by atoms with Gasteiger partial charge in [-0.15, -0.1) is 0 Å². The van der Waals surface area contributed by atoms with Gasteiger partial charge in [0.15, 0.2) is 0 Å². The Morgan fingerprint density at radius 2 is 2.00 bits per heavy atom. The minimum atomic E-state index is -0.853. The zero-order valence-electron chi connectivity index (χ0n) is 10.1. The van der Waals surface area contributed by atoms with E-state index < -0.39 is 12.0 Å². The van der Waals surface area contributed by atoms with Gasteiger partial charge in [-0.25, -0.2) is 0 Å². The first-order chi connectivity index (χ1) is 6.97. The molecule has 0 bridgehead atoms. The van der Waals surface area contributed by atoms with E-state index in [4.69, 9.17) is 9.84 Å². The summed E-state index contributed by atoms with van der Waals surface area (Å²) in [5.74, 6) is -0.281. The van der Waals surface area contributed by atoms with E-state index in [-0.39, 0.29) is 12.7 Å². The standard InChI is InChI=1S/C11H23NO3/c1-5-12-10(11(13)14)7-15-9(4)6-8(2)3/h8-10,12H,5-7H2,1-4H3,(H,13,14). The monoisotopic (exact) mass is 217 g/mol. The van der Waals surface area contributed by atoms with Gasteiger partial charge >= 0.3 is 5.97 Å². The van der Waals surface area contributed by atoms with Crippen molar-refractivity contribution in [2.24, 2.45) is 5.92 Å². The molecule has 0 saturated carbocycles. The lowest BCUT2D eigenvalue weighted by Crippen LogP contribution is -2.41. The minimum Gasteiger partial charge on any atom is -0.480 e. The van der Waals surface area contributed by atoms with Crippen LogP contribution in [0.4, 0.5) is 0 Å². The van der Waals surface area contributed by atoms with Crippen LogP contribution in [-0.4, -0.2) is 36.4 Å². The maximum Gasteiger partial charge on any atom is 0.323 e. The molecule has 4 heteroatoms. The van der Waals surface area contributed by atoms with E-state index >= 15 is 0 Å². The Morgan fingerprint density at radius 1 is 1.40 bits per heavy atom. The summed E-state index contributed by atoms with van der Waals surface area (Å²) in [6.07, 6.45) is 1.07. The van der Waals surface area contributed by atoms with Crippen LogP contribution in [-0.2, 0) is 9.53 Å². The molecule has 2 unspecified atom stereocenters. The molecule has 2 atom stereocenters. The van der Waals surface area contributed by atoms with Crippen LogP contribution < -0.4 is 5.32 Å². The third-order valence-electron chi connectivity index (χ3n) is 2.10. The highest BCUT2D eigenvalue weighted by Gasteiger charge is 2.17. The molecule has 4 nitrogen and oxygen atoms in total. The maximum atomic E-state index is 10.8. The Hall–Kier alpha value is -0.610. The number of rotatable bonds is 8. The summed E-state index contributed by atoms with van der Waals surface area (Å²) >= 11 is 0. The number of carboxylic acids is 1. The molecule has 0 aromatic heterocycles. The number of hydrogen-bond donors (Lipinski definition) is 2. The molecule has 0 rings (SSSR count). The van der Waals surface area contributed by atoms with Gasteiger partial charge in [-0.1, -0.05) is 20.8 Å². The zero-order chi connectivity index (χ0) is 11.8. The van der Waals surface area contributed by atoms with Crippen LogP contribution in [0.1, 0.15) is 34.1 Å². The fourth-order valence-corrected chi connectivity index (χ4v) is 1.46. The third-order valence-corrected chi connectivity index (χ3v) is 2.10. The largest absolute Gasteiger partial charge is 0.480 e. The van der Waals surface area contributed by atoms with Crippen molar-refractivity contribution in [2.75, 3.05) is 13.2 Å². The Bertz CT molecular complexity index is 183. The van der Waals surface area contributed by atoms with E-state index in [0.29, 0.717) is 12.5 Å². The summed E-state index contributed by atoms with van der Waals surface area (Å²) in [6.45, 7) is 8.98. The molecule has 0 spiro atoms. The molecule has 0 saturated heterocycles. The predicted octanol–water partition coefficient (Wildman–Crippen LogP) is 1.50. The van der Waals surface area contributed by atoms with E-state index in [1.165, 1.54) is 0 Å².